The topological polar surface area (TPSA) is 27.1 Å². The molecule has 1 aliphatic heterocycles. The van der Waals surface area contributed by atoms with E-state index in [-0.39, 0.29) is 0 Å². The van der Waals surface area contributed by atoms with Crippen molar-refractivity contribution in [2.45, 2.75) is 20.0 Å². The van der Waals surface area contributed by atoms with Gasteiger partial charge in [0.2, 0.25) is 0 Å². The summed E-state index contributed by atoms with van der Waals surface area (Å²) >= 11 is 0. The first-order valence-electron chi connectivity index (χ1n) is 3.88. The summed E-state index contributed by atoms with van der Waals surface area (Å²) in [6.07, 6.45) is 1.02. The molecule has 0 amide bonds. The summed E-state index contributed by atoms with van der Waals surface area (Å²) < 4.78 is 7.25. The minimum Gasteiger partial charge on any atom is -0.375 e. The summed E-state index contributed by atoms with van der Waals surface area (Å²) in [5, 5.41) is 4.33. The van der Waals surface area contributed by atoms with Gasteiger partial charge in [0.05, 0.1) is 24.6 Å². The summed E-state index contributed by atoms with van der Waals surface area (Å²) in [4.78, 5) is 0. The third kappa shape index (κ3) is 0.959. The molecule has 1 aromatic rings. The predicted octanol–water partition coefficient (Wildman–Crippen LogP) is 0.801. The van der Waals surface area contributed by atoms with Crippen molar-refractivity contribution in [3.05, 3.63) is 17.0 Å². The molecule has 0 radical (unpaired) electrons. The Labute approximate surface area is 66.0 Å². The zero-order chi connectivity index (χ0) is 7.84. The minimum atomic E-state index is 0.729. The summed E-state index contributed by atoms with van der Waals surface area (Å²) in [5.74, 6) is 0. The summed E-state index contributed by atoms with van der Waals surface area (Å²) in [7, 11) is 1.97. The maximum Gasteiger partial charge on any atom is 0.0887 e. The number of hydrogen-bond acceptors (Lipinski definition) is 2. The van der Waals surface area contributed by atoms with Crippen LogP contribution in [-0.4, -0.2) is 16.4 Å². The Bertz CT molecular complexity index is 251. The van der Waals surface area contributed by atoms with Gasteiger partial charge in [-0.25, -0.2) is 0 Å². The van der Waals surface area contributed by atoms with Crippen molar-refractivity contribution in [2.75, 3.05) is 6.61 Å². The van der Waals surface area contributed by atoms with Crippen LogP contribution in [0.2, 0.25) is 0 Å². The number of aryl methyl sites for hydroxylation is 2. The second-order valence-corrected chi connectivity index (χ2v) is 2.94. The number of hydrogen-bond donors (Lipinski definition) is 0. The molecular formula is C8H12N2O. The Morgan fingerprint density at radius 1 is 1.55 bits per heavy atom. The van der Waals surface area contributed by atoms with Crippen molar-refractivity contribution >= 4 is 0 Å². The van der Waals surface area contributed by atoms with Gasteiger partial charge in [-0.3, -0.25) is 4.68 Å². The lowest BCUT2D eigenvalue weighted by atomic mass is 10.1. The third-order valence-corrected chi connectivity index (χ3v) is 2.21. The zero-order valence-corrected chi connectivity index (χ0v) is 6.92. The SMILES string of the molecule is Cc1nn(C)c2c1CCOC2. The highest BCUT2D eigenvalue weighted by Crippen LogP contribution is 2.18. The van der Waals surface area contributed by atoms with E-state index in [1.807, 2.05) is 11.7 Å². The maximum atomic E-state index is 5.33. The van der Waals surface area contributed by atoms with E-state index < -0.39 is 0 Å². The molecule has 0 spiro atoms. The van der Waals surface area contributed by atoms with E-state index in [1.165, 1.54) is 11.3 Å². The van der Waals surface area contributed by atoms with Gasteiger partial charge in [0.1, 0.15) is 0 Å². The van der Waals surface area contributed by atoms with Crippen LogP contribution in [0.15, 0.2) is 0 Å². The number of fused-ring (bicyclic) bond motifs is 1. The predicted molar refractivity (Wildman–Crippen MR) is 41.3 cm³/mol. The summed E-state index contributed by atoms with van der Waals surface area (Å²) in [6, 6.07) is 0. The van der Waals surface area contributed by atoms with Gasteiger partial charge in [0.25, 0.3) is 0 Å². The summed E-state index contributed by atoms with van der Waals surface area (Å²) in [6.45, 7) is 3.64. The van der Waals surface area contributed by atoms with Crippen molar-refractivity contribution in [3.8, 4) is 0 Å². The minimum absolute atomic E-state index is 0.729. The second-order valence-electron chi connectivity index (χ2n) is 2.94. The van der Waals surface area contributed by atoms with Crippen LogP contribution >= 0.6 is 0 Å². The van der Waals surface area contributed by atoms with E-state index in [4.69, 9.17) is 4.74 Å². The fourth-order valence-corrected chi connectivity index (χ4v) is 1.60. The van der Waals surface area contributed by atoms with Crippen LogP contribution in [-0.2, 0) is 24.8 Å². The van der Waals surface area contributed by atoms with Gasteiger partial charge in [-0.15, -0.1) is 0 Å². The summed E-state index contributed by atoms with van der Waals surface area (Å²) in [5.41, 5.74) is 3.79. The van der Waals surface area contributed by atoms with E-state index >= 15 is 0 Å². The lowest BCUT2D eigenvalue weighted by molar-refractivity contribution is 0.105. The number of nitrogens with zero attached hydrogens (tertiary/aromatic N) is 2. The van der Waals surface area contributed by atoms with E-state index in [1.54, 1.807) is 0 Å². The van der Waals surface area contributed by atoms with Gasteiger partial charge in [0, 0.05) is 12.6 Å². The lowest BCUT2D eigenvalue weighted by Crippen LogP contribution is -2.11. The molecule has 60 valence electrons. The normalized spacial score (nSPS) is 16.5. The Balaban J connectivity index is 2.52. The molecule has 0 aromatic carbocycles. The van der Waals surface area contributed by atoms with Crippen molar-refractivity contribution in [1.82, 2.24) is 9.78 Å². The molecule has 11 heavy (non-hydrogen) atoms. The lowest BCUT2D eigenvalue weighted by Gasteiger charge is -2.12. The molecular weight excluding hydrogens is 140 g/mol. The molecule has 0 fully saturated rings. The second kappa shape index (κ2) is 2.34. The van der Waals surface area contributed by atoms with Crippen molar-refractivity contribution < 1.29 is 4.74 Å². The maximum absolute atomic E-state index is 5.33. The van der Waals surface area contributed by atoms with Crippen LogP contribution in [0.5, 0.6) is 0 Å². The molecule has 0 atom stereocenters. The van der Waals surface area contributed by atoms with Gasteiger partial charge in [-0.05, 0) is 13.3 Å². The molecule has 0 N–H and O–H groups in total. The van der Waals surface area contributed by atoms with Crippen LogP contribution in [0.25, 0.3) is 0 Å². The molecule has 0 saturated heterocycles. The Morgan fingerprint density at radius 3 is 3.09 bits per heavy atom. The fraction of sp³-hybridized carbons (Fsp3) is 0.625. The Morgan fingerprint density at radius 2 is 2.36 bits per heavy atom. The van der Waals surface area contributed by atoms with Crippen molar-refractivity contribution in [2.24, 2.45) is 7.05 Å². The number of aromatic nitrogens is 2. The van der Waals surface area contributed by atoms with Crippen LogP contribution in [0.3, 0.4) is 0 Å². The number of rotatable bonds is 0. The highest BCUT2D eigenvalue weighted by molar-refractivity contribution is 5.26. The van der Waals surface area contributed by atoms with Gasteiger partial charge >= 0.3 is 0 Å². The molecule has 0 aliphatic carbocycles. The zero-order valence-electron chi connectivity index (χ0n) is 6.92. The van der Waals surface area contributed by atoms with E-state index in [2.05, 4.69) is 12.0 Å². The van der Waals surface area contributed by atoms with Gasteiger partial charge in [0.15, 0.2) is 0 Å². The molecule has 0 unspecified atom stereocenters. The molecule has 2 heterocycles. The Kier molecular flexibility index (Phi) is 1.46. The van der Waals surface area contributed by atoms with Gasteiger partial charge < -0.3 is 4.74 Å². The third-order valence-electron chi connectivity index (χ3n) is 2.21. The molecule has 2 rings (SSSR count). The van der Waals surface area contributed by atoms with E-state index in [0.717, 1.165) is 25.3 Å². The van der Waals surface area contributed by atoms with Crippen molar-refractivity contribution in [1.29, 1.82) is 0 Å². The molecule has 1 aliphatic rings. The van der Waals surface area contributed by atoms with Crippen LogP contribution < -0.4 is 0 Å². The van der Waals surface area contributed by atoms with Crippen LogP contribution in [0, 0.1) is 6.92 Å². The largest absolute Gasteiger partial charge is 0.375 e. The highest BCUT2D eigenvalue weighted by atomic mass is 16.5. The van der Waals surface area contributed by atoms with Gasteiger partial charge in [-0.1, -0.05) is 0 Å². The molecule has 0 bridgehead atoms. The number of ether oxygens (including phenoxy) is 1. The Hall–Kier alpha value is -0.830. The molecule has 3 heteroatoms. The molecule has 3 nitrogen and oxygen atoms in total. The van der Waals surface area contributed by atoms with Crippen LogP contribution in [0.1, 0.15) is 17.0 Å². The smallest absolute Gasteiger partial charge is 0.0887 e. The first-order valence-corrected chi connectivity index (χ1v) is 3.88. The average Bonchev–Trinajstić information content (AvgIpc) is 2.30. The fourth-order valence-electron chi connectivity index (χ4n) is 1.60. The standard InChI is InChI=1S/C8H12N2O/c1-6-7-3-4-11-5-8(7)10(2)9-6/h3-5H2,1-2H3. The van der Waals surface area contributed by atoms with Crippen molar-refractivity contribution in [3.63, 3.8) is 0 Å². The first-order chi connectivity index (χ1) is 5.29. The van der Waals surface area contributed by atoms with Crippen LogP contribution in [0.4, 0.5) is 0 Å². The monoisotopic (exact) mass is 152 g/mol. The molecule has 1 aromatic heterocycles. The average molecular weight is 152 g/mol. The molecule has 0 saturated carbocycles. The van der Waals surface area contributed by atoms with Gasteiger partial charge in [-0.2, -0.15) is 5.10 Å². The van der Waals surface area contributed by atoms with E-state index in [0.29, 0.717) is 0 Å². The first kappa shape index (κ1) is 6.85. The quantitative estimate of drug-likeness (QED) is 0.550. The highest BCUT2D eigenvalue weighted by Gasteiger charge is 2.16. The van der Waals surface area contributed by atoms with E-state index in [9.17, 15) is 0 Å².